The van der Waals surface area contributed by atoms with Crippen LogP contribution in [0.2, 0.25) is 0 Å². The number of benzene rings is 1. The third-order valence-corrected chi connectivity index (χ3v) is 3.54. The Hall–Kier alpha value is -0.380. The SMILES string of the molecule is Cc1ccc(CNCC(O)C(C)C)cc1Br. The lowest BCUT2D eigenvalue weighted by Gasteiger charge is -2.15. The first-order valence-corrected chi connectivity index (χ1v) is 6.44. The van der Waals surface area contributed by atoms with Gasteiger partial charge in [-0.15, -0.1) is 0 Å². The highest BCUT2D eigenvalue weighted by Gasteiger charge is 2.07. The third kappa shape index (κ3) is 4.24. The van der Waals surface area contributed by atoms with Crippen LogP contribution in [0.4, 0.5) is 0 Å². The van der Waals surface area contributed by atoms with Gasteiger partial charge in [0.1, 0.15) is 0 Å². The van der Waals surface area contributed by atoms with E-state index in [1.807, 2.05) is 13.8 Å². The largest absolute Gasteiger partial charge is 0.392 e. The zero-order chi connectivity index (χ0) is 12.1. The fourth-order valence-corrected chi connectivity index (χ4v) is 1.77. The van der Waals surface area contributed by atoms with Crippen molar-refractivity contribution < 1.29 is 5.11 Å². The highest BCUT2D eigenvalue weighted by atomic mass is 79.9. The average Bonchev–Trinajstić information content (AvgIpc) is 2.23. The Balaban J connectivity index is 2.40. The monoisotopic (exact) mass is 285 g/mol. The van der Waals surface area contributed by atoms with Crippen molar-refractivity contribution in [2.24, 2.45) is 5.92 Å². The molecule has 1 aromatic carbocycles. The molecule has 0 aliphatic carbocycles. The Bertz CT molecular complexity index is 339. The van der Waals surface area contributed by atoms with Crippen molar-refractivity contribution >= 4 is 15.9 Å². The first-order chi connectivity index (χ1) is 7.50. The minimum absolute atomic E-state index is 0.270. The maximum atomic E-state index is 9.63. The summed E-state index contributed by atoms with van der Waals surface area (Å²) in [6, 6.07) is 6.32. The van der Waals surface area contributed by atoms with Crippen molar-refractivity contribution in [1.29, 1.82) is 0 Å². The molecule has 0 amide bonds. The molecule has 3 heteroatoms. The van der Waals surface area contributed by atoms with E-state index in [1.165, 1.54) is 11.1 Å². The van der Waals surface area contributed by atoms with Crippen LogP contribution >= 0.6 is 15.9 Å². The zero-order valence-electron chi connectivity index (χ0n) is 10.1. The van der Waals surface area contributed by atoms with Crippen molar-refractivity contribution in [2.45, 2.75) is 33.4 Å². The number of aliphatic hydroxyl groups is 1. The minimum Gasteiger partial charge on any atom is -0.392 e. The molecular weight excluding hydrogens is 266 g/mol. The lowest BCUT2D eigenvalue weighted by atomic mass is 10.1. The molecule has 2 nitrogen and oxygen atoms in total. The van der Waals surface area contributed by atoms with Crippen molar-refractivity contribution in [1.82, 2.24) is 5.32 Å². The van der Waals surface area contributed by atoms with Gasteiger partial charge in [-0.3, -0.25) is 0 Å². The Morgan fingerprint density at radius 2 is 2.06 bits per heavy atom. The summed E-state index contributed by atoms with van der Waals surface area (Å²) >= 11 is 3.51. The van der Waals surface area contributed by atoms with Gasteiger partial charge in [0.15, 0.2) is 0 Å². The first kappa shape index (κ1) is 13.7. The molecule has 1 rings (SSSR count). The maximum Gasteiger partial charge on any atom is 0.0687 e. The van der Waals surface area contributed by atoms with E-state index in [0.29, 0.717) is 12.5 Å². The van der Waals surface area contributed by atoms with Gasteiger partial charge < -0.3 is 10.4 Å². The molecule has 0 radical (unpaired) electrons. The molecule has 0 aromatic heterocycles. The number of rotatable bonds is 5. The molecule has 16 heavy (non-hydrogen) atoms. The van der Waals surface area contributed by atoms with E-state index in [-0.39, 0.29) is 6.10 Å². The maximum absolute atomic E-state index is 9.63. The predicted molar refractivity (Wildman–Crippen MR) is 71.4 cm³/mol. The van der Waals surface area contributed by atoms with Crippen molar-refractivity contribution in [2.75, 3.05) is 6.54 Å². The standard InChI is InChI=1S/C13H20BrNO/c1-9(2)13(16)8-15-7-11-5-4-10(3)12(14)6-11/h4-6,9,13,15-16H,7-8H2,1-3H3. The molecule has 1 atom stereocenters. The Morgan fingerprint density at radius 3 is 2.62 bits per heavy atom. The molecule has 0 aliphatic heterocycles. The molecule has 0 heterocycles. The Labute approximate surface area is 106 Å². The van der Waals surface area contributed by atoms with E-state index in [0.717, 1.165) is 11.0 Å². The molecule has 0 saturated heterocycles. The summed E-state index contributed by atoms with van der Waals surface area (Å²) in [5.74, 6) is 0.303. The van der Waals surface area contributed by atoms with Crippen LogP contribution in [-0.2, 0) is 6.54 Å². The lowest BCUT2D eigenvalue weighted by molar-refractivity contribution is 0.123. The number of aliphatic hydroxyl groups excluding tert-OH is 1. The summed E-state index contributed by atoms with van der Waals surface area (Å²) in [4.78, 5) is 0. The van der Waals surface area contributed by atoms with Crippen LogP contribution in [0, 0.1) is 12.8 Å². The molecule has 0 spiro atoms. The molecule has 1 unspecified atom stereocenters. The Kier molecular flexibility index (Phi) is 5.46. The van der Waals surface area contributed by atoms with Crippen LogP contribution < -0.4 is 5.32 Å². The van der Waals surface area contributed by atoms with Gasteiger partial charge in [0, 0.05) is 17.6 Å². The van der Waals surface area contributed by atoms with Crippen molar-refractivity contribution in [3.8, 4) is 0 Å². The smallest absolute Gasteiger partial charge is 0.0687 e. The van der Waals surface area contributed by atoms with Crippen LogP contribution in [0.5, 0.6) is 0 Å². The van der Waals surface area contributed by atoms with Crippen LogP contribution in [0.3, 0.4) is 0 Å². The Morgan fingerprint density at radius 1 is 1.38 bits per heavy atom. The summed E-state index contributed by atoms with van der Waals surface area (Å²) in [7, 11) is 0. The molecule has 90 valence electrons. The first-order valence-electron chi connectivity index (χ1n) is 5.64. The van der Waals surface area contributed by atoms with Crippen molar-refractivity contribution in [3.05, 3.63) is 33.8 Å². The molecule has 0 saturated carbocycles. The van der Waals surface area contributed by atoms with E-state index in [9.17, 15) is 5.11 Å². The second-order valence-corrected chi connectivity index (χ2v) is 5.38. The van der Waals surface area contributed by atoms with E-state index < -0.39 is 0 Å². The van der Waals surface area contributed by atoms with Gasteiger partial charge in [-0.05, 0) is 30.0 Å². The second kappa shape index (κ2) is 6.38. The summed E-state index contributed by atoms with van der Waals surface area (Å²) in [6.45, 7) is 7.55. The highest BCUT2D eigenvalue weighted by molar-refractivity contribution is 9.10. The molecule has 0 fully saturated rings. The van der Waals surface area contributed by atoms with Gasteiger partial charge in [0.2, 0.25) is 0 Å². The molecular formula is C13H20BrNO. The van der Waals surface area contributed by atoms with Gasteiger partial charge in [0.25, 0.3) is 0 Å². The minimum atomic E-state index is -0.270. The van der Waals surface area contributed by atoms with Crippen LogP contribution in [0.25, 0.3) is 0 Å². The van der Waals surface area contributed by atoms with Crippen LogP contribution in [0.1, 0.15) is 25.0 Å². The fourth-order valence-electron chi connectivity index (χ4n) is 1.35. The average molecular weight is 286 g/mol. The van der Waals surface area contributed by atoms with Crippen LogP contribution in [-0.4, -0.2) is 17.8 Å². The number of aryl methyl sites for hydroxylation is 1. The van der Waals surface area contributed by atoms with Crippen molar-refractivity contribution in [3.63, 3.8) is 0 Å². The normalized spacial score (nSPS) is 13.1. The van der Waals surface area contributed by atoms with E-state index in [2.05, 4.69) is 46.4 Å². The van der Waals surface area contributed by atoms with E-state index in [1.54, 1.807) is 0 Å². The van der Waals surface area contributed by atoms with Gasteiger partial charge in [-0.1, -0.05) is 41.9 Å². The topological polar surface area (TPSA) is 32.3 Å². The number of nitrogens with one attached hydrogen (secondary N) is 1. The fraction of sp³-hybridized carbons (Fsp3) is 0.538. The quantitative estimate of drug-likeness (QED) is 0.872. The zero-order valence-corrected chi connectivity index (χ0v) is 11.7. The summed E-state index contributed by atoms with van der Waals surface area (Å²) in [5.41, 5.74) is 2.47. The molecule has 0 bridgehead atoms. The van der Waals surface area contributed by atoms with Gasteiger partial charge in [0.05, 0.1) is 6.10 Å². The molecule has 0 aliphatic rings. The summed E-state index contributed by atoms with van der Waals surface area (Å²) in [6.07, 6.45) is -0.270. The lowest BCUT2D eigenvalue weighted by Crippen LogP contribution is -2.30. The number of halogens is 1. The van der Waals surface area contributed by atoms with Gasteiger partial charge >= 0.3 is 0 Å². The third-order valence-electron chi connectivity index (χ3n) is 2.69. The number of hydrogen-bond donors (Lipinski definition) is 2. The predicted octanol–water partition coefficient (Wildman–Crippen LogP) is 2.86. The van der Waals surface area contributed by atoms with Crippen LogP contribution in [0.15, 0.2) is 22.7 Å². The second-order valence-electron chi connectivity index (χ2n) is 4.53. The highest BCUT2D eigenvalue weighted by Crippen LogP contribution is 2.17. The van der Waals surface area contributed by atoms with Gasteiger partial charge in [-0.25, -0.2) is 0 Å². The molecule has 2 N–H and O–H groups in total. The summed E-state index contributed by atoms with van der Waals surface area (Å²) < 4.78 is 1.14. The number of hydrogen-bond acceptors (Lipinski definition) is 2. The van der Waals surface area contributed by atoms with Gasteiger partial charge in [-0.2, -0.15) is 0 Å². The van der Waals surface area contributed by atoms with E-state index in [4.69, 9.17) is 0 Å². The van der Waals surface area contributed by atoms with E-state index >= 15 is 0 Å². The molecule has 1 aromatic rings. The summed E-state index contributed by atoms with van der Waals surface area (Å²) in [5, 5.41) is 12.9.